The zero-order valence-corrected chi connectivity index (χ0v) is 12.8. The van der Waals surface area contributed by atoms with E-state index in [9.17, 15) is 23.3 Å². The highest BCUT2D eigenvalue weighted by atomic mass is 35.5. The topological polar surface area (TPSA) is 123 Å². The summed E-state index contributed by atoms with van der Waals surface area (Å²) in [5.74, 6) is -1.11. The number of rotatable bonds is 6. The highest BCUT2D eigenvalue weighted by Gasteiger charge is 2.22. The molecule has 0 aromatic carbocycles. The first-order chi connectivity index (χ1) is 9.65. The number of halogens is 1. The van der Waals surface area contributed by atoms with Crippen molar-refractivity contribution in [1.29, 1.82) is 0 Å². The van der Waals surface area contributed by atoms with E-state index in [1.54, 1.807) is 0 Å². The predicted molar refractivity (Wildman–Crippen MR) is 75.7 cm³/mol. The normalized spacial score (nSPS) is 11.4. The van der Waals surface area contributed by atoms with E-state index in [0.29, 0.717) is 0 Å². The van der Waals surface area contributed by atoms with Crippen molar-refractivity contribution in [1.82, 2.24) is 14.6 Å². The number of nitrogens with one attached hydrogen (secondary N) is 1. The molecular formula is C10H13ClN4O5S. The molecule has 0 aliphatic heterocycles. The van der Waals surface area contributed by atoms with E-state index in [0.717, 1.165) is 16.6 Å². The zero-order valence-electron chi connectivity index (χ0n) is 11.2. The summed E-state index contributed by atoms with van der Waals surface area (Å²) in [4.78, 5) is 25.4. The quantitative estimate of drug-likeness (QED) is 0.451. The molecule has 1 N–H and O–H groups in total. The van der Waals surface area contributed by atoms with Gasteiger partial charge in [-0.1, -0.05) is 11.6 Å². The molecule has 0 aliphatic rings. The maximum absolute atomic E-state index is 11.9. The van der Waals surface area contributed by atoms with Gasteiger partial charge in [0, 0.05) is 20.6 Å². The molecule has 11 heteroatoms. The fourth-order valence-electron chi connectivity index (χ4n) is 1.32. The van der Waals surface area contributed by atoms with Crippen LogP contribution in [0.2, 0.25) is 5.15 Å². The Bertz CT molecular complexity index is 661. The molecule has 0 saturated carbocycles. The van der Waals surface area contributed by atoms with Gasteiger partial charge in [0.2, 0.25) is 10.0 Å². The monoisotopic (exact) mass is 336 g/mol. The van der Waals surface area contributed by atoms with Gasteiger partial charge in [-0.3, -0.25) is 14.9 Å². The predicted octanol–water partition coefficient (Wildman–Crippen LogP) is 0.264. The van der Waals surface area contributed by atoms with Crippen LogP contribution in [0.15, 0.2) is 12.3 Å². The number of sulfonamides is 1. The fourth-order valence-corrected chi connectivity index (χ4v) is 2.20. The summed E-state index contributed by atoms with van der Waals surface area (Å²) >= 11 is 5.60. The van der Waals surface area contributed by atoms with E-state index in [-0.39, 0.29) is 23.0 Å². The second-order valence-corrected chi connectivity index (χ2v) is 6.83. The number of amides is 1. The molecule has 0 unspecified atom stereocenters. The highest BCUT2D eigenvalue weighted by Crippen LogP contribution is 2.20. The molecule has 0 spiro atoms. The molecule has 116 valence electrons. The van der Waals surface area contributed by atoms with E-state index >= 15 is 0 Å². The Morgan fingerprint density at radius 3 is 2.67 bits per heavy atom. The third-order valence-corrected chi connectivity index (χ3v) is 4.53. The molecule has 1 heterocycles. The first-order valence-corrected chi connectivity index (χ1v) is 7.62. The average Bonchev–Trinajstić information content (AvgIpc) is 2.37. The Balaban J connectivity index is 2.82. The van der Waals surface area contributed by atoms with Gasteiger partial charge in [-0.2, -0.15) is 0 Å². The van der Waals surface area contributed by atoms with Crippen LogP contribution in [-0.4, -0.2) is 54.9 Å². The summed E-state index contributed by atoms with van der Waals surface area (Å²) in [5.41, 5.74) is -0.783. The van der Waals surface area contributed by atoms with Gasteiger partial charge in [-0.15, -0.1) is 0 Å². The second kappa shape index (κ2) is 6.78. The summed E-state index contributed by atoms with van der Waals surface area (Å²) in [6.45, 7) is -0.184. The zero-order chi connectivity index (χ0) is 16.2. The second-order valence-electron chi connectivity index (χ2n) is 4.14. The molecule has 0 radical (unpaired) electrons. The Hall–Kier alpha value is -1.78. The minimum Gasteiger partial charge on any atom is -0.351 e. The number of carbonyl (C=O) groups is 1. The Morgan fingerprint density at radius 2 is 2.14 bits per heavy atom. The lowest BCUT2D eigenvalue weighted by atomic mass is 10.2. The number of nitro groups is 1. The van der Waals surface area contributed by atoms with Crippen molar-refractivity contribution in [2.45, 2.75) is 0 Å². The molecule has 0 fully saturated rings. The van der Waals surface area contributed by atoms with Crippen molar-refractivity contribution in [3.05, 3.63) is 33.1 Å². The molecule has 1 rings (SSSR count). The van der Waals surface area contributed by atoms with E-state index in [2.05, 4.69) is 10.3 Å². The number of pyridine rings is 1. The van der Waals surface area contributed by atoms with Crippen LogP contribution in [0.3, 0.4) is 0 Å². The summed E-state index contributed by atoms with van der Waals surface area (Å²) in [6, 6.07) is 1.05. The van der Waals surface area contributed by atoms with Gasteiger partial charge in [-0.25, -0.2) is 17.7 Å². The van der Waals surface area contributed by atoms with E-state index in [1.165, 1.54) is 14.1 Å². The minimum atomic E-state index is -3.46. The lowest BCUT2D eigenvalue weighted by Crippen LogP contribution is -2.34. The first kappa shape index (κ1) is 17.3. The molecule has 1 amide bonds. The lowest BCUT2D eigenvalue weighted by molar-refractivity contribution is -0.385. The molecular weight excluding hydrogens is 324 g/mol. The van der Waals surface area contributed by atoms with Crippen molar-refractivity contribution in [2.75, 3.05) is 26.4 Å². The number of carbonyl (C=O) groups excluding carboxylic acids is 1. The molecule has 1 aromatic rings. The smallest absolute Gasteiger partial charge is 0.300 e. The van der Waals surface area contributed by atoms with Crippen LogP contribution in [0.25, 0.3) is 0 Å². The van der Waals surface area contributed by atoms with Crippen LogP contribution in [0, 0.1) is 10.1 Å². The van der Waals surface area contributed by atoms with Crippen LogP contribution in [-0.2, 0) is 10.0 Å². The lowest BCUT2D eigenvalue weighted by Gasteiger charge is -2.11. The van der Waals surface area contributed by atoms with Gasteiger partial charge < -0.3 is 5.32 Å². The first-order valence-electron chi connectivity index (χ1n) is 5.63. The SMILES string of the molecule is CN(C)S(=O)(=O)CCNC(=O)c1cc(Cl)ncc1[N+](=O)[O-]. The van der Waals surface area contributed by atoms with Crippen LogP contribution in [0.4, 0.5) is 5.69 Å². The maximum atomic E-state index is 11.9. The van der Waals surface area contributed by atoms with Crippen molar-refractivity contribution < 1.29 is 18.1 Å². The van der Waals surface area contributed by atoms with Gasteiger partial charge in [0.15, 0.2) is 0 Å². The molecule has 0 atom stereocenters. The van der Waals surface area contributed by atoms with Gasteiger partial charge in [0.05, 0.1) is 10.7 Å². The van der Waals surface area contributed by atoms with Crippen LogP contribution in [0.1, 0.15) is 10.4 Å². The van der Waals surface area contributed by atoms with Gasteiger partial charge in [0.1, 0.15) is 16.9 Å². The van der Waals surface area contributed by atoms with Crippen LogP contribution < -0.4 is 5.32 Å². The molecule has 0 aliphatic carbocycles. The summed E-state index contributed by atoms with van der Waals surface area (Å²) in [7, 11) is -0.733. The summed E-state index contributed by atoms with van der Waals surface area (Å²) in [5, 5.41) is 13.0. The number of aromatic nitrogens is 1. The molecule has 0 saturated heterocycles. The standard InChI is InChI=1S/C10H13ClN4O5S/c1-14(2)21(19,20)4-3-12-10(16)7-5-9(11)13-6-8(7)15(17)18/h5-6H,3-4H2,1-2H3,(H,12,16). The maximum Gasteiger partial charge on any atom is 0.300 e. The molecule has 1 aromatic heterocycles. The Labute approximate surface area is 126 Å². The third-order valence-electron chi connectivity index (χ3n) is 2.49. The number of nitrogens with zero attached hydrogens (tertiary/aromatic N) is 3. The third kappa shape index (κ3) is 4.62. The number of hydrogen-bond donors (Lipinski definition) is 1. The Morgan fingerprint density at radius 1 is 1.52 bits per heavy atom. The Kier molecular flexibility index (Phi) is 5.58. The van der Waals surface area contributed by atoms with Gasteiger partial charge in [0.25, 0.3) is 11.6 Å². The number of hydrogen-bond acceptors (Lipinski definition) is 6. The van der Waals surface area contributed by atoms with Gasteiger partial charge >= 0.3 is 0 Å². The van der Waals surface area contributed by atoms with Crippen molar-refractivity contribution in [3.8, 4) is 0 Å². The van der Waals surface area contributed by atoms with Crippen molar-refractivity contribution in [3.63, 3.8) is 0 Å². The molecule has 21 heavy (non-hydrogen) atoms. The summed E-state index contributed by atoms with van der Waals surface area (Å²) in [6.07, 6.45) is 0.869. The van der Waals surface area contributed by atoms with Crippen LogP contribution in [0.5, 0.6) is 0 Å². The van der Waals surface area contributed by atoms with Crippen molar-refractivity contribution in [2.24, 2.45) is 0 Å². The average molecular weight is 337 g/mol. The minimum absolute atomic E-state index is 0.0772. The van der Waals surface area contributed by atoms with Gasteiger partial charge in [-0.05, 0) is 6.07 Å². The largest absolute Gasteiger partial charge is 0.351 e. The fraction of sp³-hybridized carbons (Fsp3) is 0.400. The highest BCUT2D eigenvalue weighted by molar-refractivity contribution is 7.89. The van der Waals surface area contributed by atoms with E-state index in [1.807, 2.05) is 0 Å². The van der Waals surface area contributed by atoms with E-state index < -0.39 is 26.5 Å². The van der Waals surface area contributed by atoms with E-state index in [4.69, 9.17) is 11.6 Å². The summed E-state index contributed by atoms with van der Waals surface area (Å²) < 4.78 is 24.0. The molecule has 0 bridgehead atoms. The van der Waals surface area contributed by atoms with Crippen LogP contribution >= 0.6 is 11.6 Å². The van der Waals surface area contributed by atoms with Crippen molar-refractivity contribution >= 4 is 33.2 Å². The molecule has 9 nitrogen and oxygen atoms in total.